The van der Waals surface area contributed by atoms with Gasteiger partial charge in [-0.15, -0.1) is 5.10 Å². The van der Waals surface area contributed by atoms with Crippen LogP contribution in [0.5, 0.6) is 5.75 Å². The van der Waals surface area contributed by atoms with E-state index in [0.29, 0.717) is 67.8 Å². The molecule has 11 nitrogen and oxygen atoms in total. The molecule has 0 bridgehead atoms. The number of rotatable bonds is 10. The molecule has 3 aromatic carbocycles. The van der Waals surface area contributed by atoms with E-state index in [1.807, 2.05) is 70.3 Å². The molecule has 5 aromatic rings. The first kappa shape index (κ1) is 35.1. The molecule has 12 heteroatoms. The zero-order valence-corrected chi connectivity index (χ0v) is 29.2. The van der Waals surface area contributed by atoms with Crippen LogP contribution in [-0.2, 0) is 22.4 Å². The fourth-order valence-corrected chi connectivity index (χ4v) is 5.80. The molecule has 264 valence electrons. The summed E-state index contributed by atoms with van der Waals surface area (Å²) < 4.78 is 26.2. The Morgan fingerprint density at radius 3 is 2.10 bits per heavy atom. The maximum atomic E-state index is 13.4. The summed E-state index contributed by atoms with van der Waals surface area (Å²) in [6, 6.07) is 22.9. The molecular formula is C39H41FN6O5. The van der Waals surface area contributed by atoms with Crippen molar-refractivity contribution >= 4 is 35.1 Å². The third-order valence-corrected chi connectivity index (χ3v) is 8.33. The number of fused-ring (bicyclic) bond motifs is 1. The van der Waals surface area contributed by atoms with Crippen molar-refractivity contribution in [2.75, 3.05) is 38.1 Å². The molecule has 3 heterocycles. The molecule has 2 amide bonds. The number of ketones is 1. The van der Waals surface area contributed by atoms with Crippen LogP contribution in [0.15, 0.2) is 85.1 Å². The average Bonchev–Trinajstić information content (AvgIpc) is 3.51. The lowest BCUT2D eigenvalue weighted by molar-refractivity contribution is -0.117. The third-order valence-electron chi connectivity index (χ3n) is 8.33. The van der Waals surface area contributed by atoms with E-state index < -0.39 is 5.60 Å². The summed E-state index contributed by atoms with van der Waals surface area (Å²) in [6.07, 6.45) is 2.06. The number of hydrogen-bond acceptors (Lipinski definition) is 8. The minimum atomic E-state index is -0.579. The Kier molecular flexibility index (Phi) is 10.3. The topological polar surface area (TPSA) is 118 Å². The molecule has 1 aliphatic rings. The Hall–Kier alpha value is -5.78. The molecule has 1 fully saturated rings. The smallest absolute Gasteiger partial charge is 0.410 e. The Morgan fingerprint density at radius 2 is 1.45 bits per heavy atom. The number of nitrogens with zero attached hydrogens (tertiary/aromatic N) is 5. The highest BCUT2D eigenvalue weighted by Crippen LogP contribution is 2.30. The van der Waals surface area contributed by atoms with Crippen molar-refractivity contribution in [3.63, 3.8) is 0 Å². The van der Waals surface area contributed by atoms with Gasteiger partial charge in [0.15, 0.2) is 5.65 Å². The molecule has 0 saturated carbocycles. The van der Waals surface area contributed by atoms with Gasteiger partial charge in [0, 0.05) is 56.3 Å². The lowest BCUT2D eigenvalue weighted by Gasteiger charge is -2.35. The largest absolute Gasteiger partial charge is 0.492 e. The van der Waals surface area contributed by atoms with Gasteiger partial charge in [0.05, 0.1) is 12.3 Å². The van der Waals surface area contributed by atoms with Crippen LogP contribution in [0, 0.1) is 5.82 Å². The maximum Gasteiger partial charge on any atom is 0.410 e. The van der Waals surface area contributed by atoms with Crippen LogP contribution in [0.3, 0.4) is 0 Å². The van der Waals surface area contributed by atoms with E-state index in [0.717, 1.165) is 22.3 Å². The number of benzene rings is 3. The Bertz CT molecular complexity index is 2030. The number of halogens is 1. The van der Waals surface area contributed by atoms with E-state index in [2.05, 4.69) is 15.4 Å². The minimum absolute atomic E-state index is 0.0577. The van der Waals surface area contributed by atoms with E-state index >= 15 is 0 Å². The summed E-state index contributed by atoms with van der Waals surface area (Å²) in [5.74, 6) is 0.448. The van der Waals surface area contributed by atoms with Crippen molar-refractivity contribution in [3.8, 4) is 16.9 Å². The van der Waals surface area contributed by atoms with Crippen molar-refractivity contribution in [3.05, 3.63) is 108 Å². The number of hydrogen-bond donors (Lipinski definition) is 1. The molecule has 51 heavy (non-hydrogen) atoms. The summed E-state index contributed by atoms with van der Waals surface area (Å²) in [6.45, 7) is 9.34. The van der Waals surface area contributed by atoms with Gasteiger partial charge in [-0.1, -0.05) is 36.4 Å². The van der Waals surface area contributed by atoms with Crippen LogP contribution >= 0.6 is 0 Å². The Labute approximate surface area is 296 Å². The van der Waals surface area contributed by atoms with Crippen molar-refractivity contribution in [2.45, 2.75) is 46.1 Å². The van der Waals surface area contributed by atoms with E-state index in [-0.39, 0.29) is 30.0 Å². The first-order valence-corrected chi connectivity index (χ1v) is 17.0. The lowest BCUT2D eigenvalue weighted by Crippen LogP contribution is -2.51. The number of carbonyl (C=O) groups is 3. The number of ether oxygens (including phenoxy) is 2. The van der Waals surface area contributed by atoms with E-state index in [1.54, 1.807) is 44.6 Å². The molecule has 1 saturated heterocycles. The molecule has 0 unspecified atom stereocenters. The highest BCUT2D eigenvalue weighted by Gasteiger charge is 2.28. The zero-order valence-electron chi connectivity index (χ0n) is 29.2. The number of Topliss-reactive ketones (excluding diaryl/α,β-unsaturated/α-hetero) is 1. The lowest BCUT2D eigenvalue weighted by atomic mass is 10.0. The predicted octanol–water partition coefficient (Wildman–Crippen LogP) is 6.72. The van der Waals surface area contributed by atoms with Crippen LogP contribution in [0.1, 0.15) is 49.2 Å². The number of aromatic nitrogens is 3. The molecule has 1 N–H and O–H groups in total. The van der Waals surface area contributed by atoms with Crippen LogP contribution in [-0.4, -0.2) is 80.6 Å². The number of pyridine rings is 1. The first-order valence-electron chi connectivity index (χ1n) is 17.0. The molecule has 0 atom stereocenters. The van der Waals surface area contributed by atoms with Gasteiger partial charge in [-0.25, -0.2) is 13.7 Å². The van der Waals surface area contributed by atoms with E-state index in [9.17, 15) is 18.8 Å². The molecule has 0 aliphatic carbocycles. The Morgan fingerprint density at radius 1 is 0.824 bits per heavy atom. The Balaban J connectivity index is 1.09. The van der Waals surface area contributed by atoms with Crippen LogP contribution in [0.4, 0.5) is 20.8 Å². The molecule has 0 spiro atoms. The second-order valence-corrected chi connectivity index (χ2v) is 13.4. The number of carbonyl (C=O) groups excluding carboxylic acids is 3. The van der Waals surface area contributed by atoms with Gasteiger partial charge in [0.25, 0.3) is 5.91 Å². The van der Waals surface area contributed by atoms with Crippen molar-refractivity contribution in [2.24, 2.45) is 0 Å². The van der Waals surface area contributed by atoms with Gasteiger partial charge < -0.3 is 24.6 Å². The second-order valence-electron chi connectivity index (χ2n) is 13.4. The monoisotopic (exact) mass is 692 g/mol. The van der Waals surface area contributed by atoms with Crippen molar-refractivity contribution in [1.29, 1.82) is 0 Å². The first-order chi connectivity index (χ1) is 24.4. The van der Waals surface area contributed by atoms with E-state index in [1.165, 1.54) is 12.1 Å². The standard InChI is InChI=1S/C39H41FN6O5/c1-5-50-34-24-29(36(48)44-18-20-45(21-19-44)38(49)51-39(2,3)4)12-16-33(34)41-37-42-35-17-13-30(25-46(35)43-37)28-10-6-26(7-11-28)22-32(47)23-27-8-14-31(40)15-9-27/h6-17,24-25H,5,18-23H2,1-4H3,(H,41,43). The van der Waals surface area contributed by atoms with E-state index in [4.69, 9.17) is 9.47 Å². The summed E-state index contributed by atoms with van der Waals surface area (Å²) >= 11 is 0. The van der Waals surface area contributed by atoms with Gasteiger partial charge in [-0.3, -0.25) is 9.59 Å². The third kappa shape index (κ3) is 8.88. The van der Waals surface area contributed by atoms with Gasteiger partial charge in [-0.2, -0.15) is 4.98 Å². The SMILES string of the molecule is CCOc1cc(C(=O)N2CCN(C(=O)OC(C)(C)C)CC2)ccc1Nc1nc2ccc(-c3ccc(CC(=O)Cc4ccc(F)cc4)cc3)cn2n1. The minimum Gasteiger partial charge on any atom is -0.492 e. The fourth-order valence-electron chi connectivity index (χ4n) is 5.80. The van der Waals surface area contributed by atoms with Crippen molar-refractivity contribution < 1.29 is 28.2 Å². The highest BCUT2D eigenvalue weighted by atomic mass is 19.1. The molecule has 2 aromatic heterocycles. The van der Waals surface area contributed by atoms with Gasteiger partial charge >= 0.3 is 6.09 Å². The van der Waals surface area contributed by atoms with Crippen LogP contribution < -0.4 is 10.1 Å². The average molecular weight is 693 g/mol. The molecule has 6 rings (SSSR count). The summed E-state index contributed by atoms with van der Waals surface area (Å²) in [5, 5.41) is 7.86. The normalized spacial score (nSPS) is 13.3. The fraction of sp³-hybridized carbons (Fsp3) is 0.308. The van der Waals surface area contributed by atoms with Gasteiger partial charge in [-0.05, 0) is 86.8 Å². The number of anilines is 2. The molecule has 1 aliphatic heterocycles. The van der Waals surface area contributed by atoms with Crippen molar-refractivity contribution in [1.82, 2.24) is 24.4 Å². The highest BCUT2D eigenvalue weighted by molar-refractivity contribution is 5.95. The number of amides is 2. The van der Waals surface area contributed by atoms with Crippen LogP contribution in [0.25, 0.3) is 16.8 Å². The quantitative estimate of drug-likeness (QED) is 0.171. The van der Waals surface area contributed by atoms with Gasteiger partial charge in [0.2, 0.25) is 5.95 Å². The number of piperazine rings is 1. The maximum absolute atomic E-state index is 13.4. The predicted molar refractivity (Wildman–Crippen MR) is 192 cm³/mol. The zero-order chi connectivity index (χ0) is 36.1. The molecule has 0 radical (unpaired) electrons. The summed E-state index contributed by atoms with van der Waals surface area (Å²) in [4.78, 5) is 46.4. The summed E-state index contributed by atoms with van der Waals surface area (Å²) in [7, 11) is 0. The summed E-state index contributed by atoms with van der Waals surface area (Å²) in [5.41, 5.74) is 4.73. The second kappa shape index (κ2) is 15.0. The number of nitrogens with one attached hydrogen (secondary N) is 1. The van der Waals surface area contributed by atoms with Crippen LogP contribution in [0.2, 0.25) is 0 Å². The van der Waals surface area contributed by atoms with Gasteiger partial charge in [0.1, 0.15) is 23.0 Å². The molecular weight excluding hydrogens is 651 g/mol.